The first kappa shape index (κ1) is 19.4. The fraction of sp³-hybridized carbons (Fsp3) is 0.682. The number of nitrogens with zero attached hydrogens (tertiary/aromatic N) is 2. The molecule has 2 aliphatic rings. The molecular weight excluding hydrogens is 324 g/mol. The Bertz CT molecular complexity index is 561. The smallest absolute Gasteiger partial charge is 0.236 e. The van der Waals surface area contributed by atoms with Crippen LogP contribution in [0.4, 0.5) is 0 Å². The Hall–Kier alpha value is -1.39. The molecule has 1 aliphatic heterocycles. The molecule has 0 aromatic heterocycles. The Morgan fingerprint density at radius 2 is 1.73 bits per heavy atom. The van der Waals surface area contributed by atoms with Crippen molar-refractivity contribution in [3.05, 3.63) is 35.9 Å². The van der Waals surface area contributed by atoms with E-state index >= 15 is 0 Å². The highest BCUT2D eigenvalue weighted by Gasteiger charge is 2.29. The molecule has 4 heteroatoms. The minimum absolute atomic E-state index is 0.256. The molecule has 3 rings (SSSR count). The van der Waals surface area contributed by atoms with Crippen molar-refractivity contribution < 1.29 is 9.90 Å². The summed E-state index contributed by atoms with van der Waals surface area (Å²) < 4.78 is 0. The largest absolute Gasteiger partial charge is 0.388 e. The highest BCUT2D eigenvalue weighted by Crippen LogP contribution is 2.31. The SMILES string of the molecule is CC1CCC(N(C)C(=O)CN2CCC(C(O)c3ccccc3)CC2)CC1. The van der Waals surface area contributed by atoms with Gasteiger partial charge in [-0.1, -0.05) is 37.3 Å². The molecule has 1 aromatic rings. The van der Waals surface area contributed by atoms with Gasteiger partial charge in [0.05, 0.1) is 12.6 Å². The van der Waals surface area contributed by atoms with Crippen molar-refractivity contribution >= 4 is 5.91 Å². The minimum Gasteiger partial charge on any atom is -0.388 e. The number of rotatable bonds is 5. The van der Waals surface area contributed by atoms with Gasteiger partial charge in [-0.3, -0.25) is 9.69 Å². The first-order chi connectivity index (χ1) is 12.5. The third-order valence-electron chi connectivity index (χ3n) is 6.51. The predicted molar refractivity (Wildman–Crippen MR) is 105 cm³/mol. The minimum atomic E-state index is -0.388. The van der Waals surface area contributed by atoms with Crippen LogP contribution in [0.3, 0.4) is 0 Å². The van der Waals surface area contributed by atoms with Gasteiger partial charge in [0.2, 0.25) is 5.91 Å². The van der Waals surface area contributed by atoms with Gasteiger partial charge in [0.25, 0.3) is 0 Å². The van der Waals surface area contributed by atoms with E-state index < -0.39 is 0 Å². The van der Waals surface area contributed by atoms with Gasteiger partial charge in [0.15, 0.2) is 0 Å². The molecule has 2 fully saturated rings. The van der Waals surface area contributed by atoms with Crippen molar-refractivity contribution in [1.82, 2.24) is 9.80 Å². The second-order valence-electron chi connectivity index (χ2n) is 8.39. The van der Waals surface area contributed by atoms with Crippen molar-refractivity contribution in [2.24, 2.45) is 11.8 Å². The van der Waals surface area contributed by atoms with Crippen LogP contribution in [0.5, 0.6) is 0 Å². The van der Waals surface area contributed by atoms with Crippen LogP contribution in [0.1, 0.15) is 57.1 Å². The number of carbonyl (C=O) groups is 1. The second kappa shape index (κ2) is 9.01. The Morgan fingerprint density at radius 3 is 2.35 bits per heavy atom. The highest BCUT2D eigenvalue weighted by molar-refractivity contribution is 5.78. The molecule has 1 aromatic carbocycles. The molecule has 0 radical (unpaired) electrons. The van der Waals surface area contributed by atoms with Gasteiger partial charge in [-0.05, 0) is 69.0 Å². The highest BCUT2D eigenvalue weighted by atomic mass is 16.3. The molecule has 1 saturated heterocycles. The molecule has 1 N–H and O–H groups in total. The average Bonchev–Trinajstić information content (AvgIpc) is 2.68. The lowest BCUT2D eigenvalue weighted by Crippen LogP contribution is -2.46. The summed E-state index contributed by atoms with van der Waals surface area (Å²) in [6.07, 6.45) is 6.29. The number of hydrogen-bond acceptors (Lipinski definition) is 3. The molecule has 0 bridgehead atoms. The zero-order valence-corrected chi connectivity index (χ0v) is 16.3. The van der Waals surface area contributed by atoms with Crippen molar-refractivity contribution in [3.63, 3.8) is 0 Å². The van der Waals surface area contributed by atoms with Crippen molar-refractivity contribution in [3.8, 4) is 0 Å². The third kappa shape index (κ3) is 4.86. The van der Waals surface area contributed by atoms with Gasteiger partial charge in [0.1, 0.15) is 0 Å². The number of carbonyl (C=O) groups excluding carboxylic acids is 1. The number of likely N-dealkylation sites (tertiary alicyclic amines) is 1. The molecule has 26 heavy (non-hydrogen) atoms. The number of likely N-dealkylation sites (N-methyl/N-ethyl adjacent to an activating group) is 1. The van der Waals surface area contributed by atoms with Gasteiger partial charge in [0, 0.05) is 13.1 Å². The van der Waals surface area contributed by atoms with E-state index in [9.17, 15) is 9.90 Å². The van der Waals surface area contributed by atoms with Gasteiger partial charge in [-0.15, -0.1) is 0 Å². The van der Waals surface area contributed by atoms with Crippen molar-refractivity contribution in [2.75, 3.05) is 26.7 Å². The summed E-state index contributed by atoms with van der Waals surface area (Å²) in [5.74, 6) is 1.36. The molecule has 1 aliphatic carbocycles. The van der Waals surface area contributed by atoms with E-state index in [0.717, 1.165) is 50.3 Å². The molecule has 1 atom stereocenters. The summed E-state index contributed by atoms with van der Waals surface area (Å²) in [6, 6.07) is 10.4. The summed E-state index contributed by atoms with van der Waals surface area (Å²) in [5.41, 5.74) is 1.01. The van der Waals surface area contributed by atoms with E-state index in [4.69, 9.17) is 0 Å². The zero-order valence-electron chi connectivity index (χ0n) is 16.3. The zero-order chi connectivity index (χ0) is 18.5. The van der Waals surface area contributed by atoms with Crippen LogP contribution in [0, 0.1) is 11.8 Å². The number of benzene rings is 1. The fourth-order valence-corrected chi connectivity index (χ4v) is 4.49. The molecular formula is C22H34N2O2. The van der Waals surface area contributed by atoms with Crippen LogP contribution in [0.15, 0.2) is 30.3 Å². The monoisotopic (exact) mass is 358 g/mol. The van der Waals surface area contributed by atoms with Gasteiger partial charge in [-0.2, -0.15) is 0 Å². The maximum atomic E-state index is 12.7. The molecule has 144 valence electrons. The Labute approximate surface area is 158 Å². The summed E-state index contributed by atoms with van der Waals surface area (Å²) >= 11 is 0. The summed E-state index contributed by atoms with van der Waals surface area (Å²) in [5, 5.41) is 10.6. The van der Waals surface area contributed by atoms with Crippen LogP contribution in [-0.2, 0) is 4.79 Å². The van der Waals surface area contributed by atoms with Crippen LogP contribution in [0.2, 0.25) is 0 Å². The summed E-state index contributed by atoms with van der Waals surface area (Å²) in [7, 11) is 1.98. The number of hydrogen-bond donors (Lipinski definition) is 1. The van der Waals surface area contributed by atoms with Gasteiger partial charge in [-0.25, -0.2) is 0 Å². The molecule has 1 unspecified atom stereocenters. The molecule has 1 heterocycles. The molecule has 4 nitrogen and oxygen atoms in total. The normalized spacial score (nSPS) is 26.4. The molecule has 1 saturated carbocycles. The lowest BCUT2D eigenvalue weighted by Gasteiger charge is -2.37. The van der Waals surface area contributed by atoms with E-state index in [-0.39, 0.29) is 12.0 Å². The Morgan fingerprint density at radius 1 is 1.12 bits per heavy atom. The van der Waals surface area contributed by atoms with E-state index in [1.807, 2.05) is 42.3 Å². The maximum absolute atomic E-state index is 12.7. The maximum Gasteiger partial charge on any atom is 0.236 e. The van der Waals surface area contributed by atoms with Crippen molar-refractivity contribution in [2.45, 2.75) is 57.6 Å². The first-order valence-corrected chi connectivity index (χ1v) is 10.3. The quantitative estimate of drug-likeness (QED) is 0.876. The van der Waals surface area contributed by atoms with E-state index in [2.05, 4.69) is 11.8 Å². The second-order valence-corrected chi connectivity index (χ2v) is 8.39. The Kier molecular flexibility index (Phi) is 6.71. The van der Waals surface area contributed by atoms with Crippen LogP contribution in [-0.4, -0.2) is 53.5 Å². The number of piperidine rings is 1. The molecule has 1 amide bonds. The van der Waals surface area contributed by atoms with Crippen molar-refractivity contribution in [1.29, 1.82) is 0 Å². The van der Waals surface area contributed by atoms with Crippen LogP contribution in [0.25, 0.3) is 0 Å². The summed E-state index contributed by atoms with van der Waals surface area (Å²) in [6.45, 7) is 4.63. The number of aliphatic hydroxyl groups excluding tert-OH is 1. The fourth-order valence-electron chi connectivity index (χ4n) is 4.49. The van der Waals surface area contributed by atoms with Gasteiger partial charge < -0.3 is 10.0 Å². The average molecular weight is 359 g/mol. The van der Waals surface area contributed by atoms with E-state index in [1.165, 1.54) is 12.8 Å². The number of amides is 1. The lowest BCUT2D eigenvalue weighted by atomic mass is 9.86. The van der Waals surface area contributed by atoms with E-state index in [0.29, 0.717) is 18.5 Å². The van der Waals surface area contributed by atoms with Crippen LogP contribution < -0.4 is 0 Å². The third-order valence-corrected chi connectivity index (χ3v) is 6.51. The lowest BCUT2D eigenvalue weighted by molar-refractivity contribution is -0.134. The van der Waals surface area contributed by atoms with Gasteiger partial charge >= 0.3 is 0 Å². The standard InChI is InChI=1S/C22H34N2O2/c1-17-8-10-20(11-9-17)23(2)21(25)16-24-14-12-19(13-15-24)22(26)18-6-4-3-5-7-18/h3-7,17,19-20,22,26H,8-16H2,1-2H3. The first-order valence-electron chi connectivity index (χ1n) is 10.3. The summed E-state index contributed by atoms with van der Waals surface area (Å²) in [4.78, 5) is 16.9. The predicted octanol–water partition coefficient (Wildman–Crippen LogP) is 3.47. The molecule has 0 spiro atoms. The van der Waals surface area contributed by atoms with Crippen LogP contribution >= 0.6 is 0 Å². The Balaban J connectivity index is 1.44. The topological polar surface area (TPSA) is 43.8 Å². The van der Waals surface area contributed by atoms with E-state index in [1.54, 1.807) is 0 Å². The number of aliphatic hydroxyl groups is 1.